The molecule has 0 aliphatic carbocycles. The van der Waals surface area contributed by atoms with Gasteiger partial charge in [-0.05, 0) is 66.1 Å². The molecule has 0 spiro atoms. The van der Waals surface area contributed by atoms with Gasteiger partial charge in [0, 0.05) is 68.9 Å². The van der Waals surface area contributed by atoms with Gasteiger partial charge < -0.3 is 4.90 Å². The van der Waals surface area contributed by atoms with Crippen molar-refractivity contribution in [1.82, 2.24) is 19.6 Å². The molecule has 5 aromatic carbocycles. The maximum absolute atomic E-state index is 6.14. The Morgan fingerprint density at radius 3 is 1.37 bits per heavy atom. The molecule has 7 rings (SSSR count). The molecule has 4 nitrogen and oxygen atoms in total. The van der Waals surface area contributed by atoms with Gasteiger partial charge in [0.1, 0.15) is 0 Å². The number of nitrogens with zero attached hydrogens (tertiary/aromatic N) is 4. The first kappa shape index (κ1) is 35.3. The molecule has 2 aliphatic rings. The summed E-state index contributed by atoms with van der Waals surface area (Å²) < 4.78 is 0. The van der Waals surface area contributed by atoms with Crippen LogP contribution in [0.5, 0.6) is 0 Å². The van der Waals surface area contributed by atoms with Gasteiger partial charge in [0.2, 0.25) is 0 Å². The molecule has 0 bridgehead atoms. The van der Waals surface area contributed by atoms with Gasteiger partial charge in [0.15, 0.2) is 0 Å². The van der Waals surface area contributed by atoms with E-state index < -0.39 is 0 Å². The summed E-state index contributed by atoms with van der Waals surface area (Å²) in [5.41, 5.74) is 8.06. The lowest BCUT2D eigenvalue weighted by Gasteiger charge is -2.40. The van der Waals surface area contributed by atoms with Gasteiger partial charge in [-0.2, -0.15) is 0 Å². The molecule has 2 saturated heterocycles. The molecule has 0 saturated carbocycles. The number of hydrogen-bond donors (Lipinski definition) is 0. The van der Waals surface area contributed by atoms with Crippen LogP contribution in [0.4, 0.5) is 0 Å². The summed E-state index contributed by atoms with van der Waals surface area (Å²) in [6.45, 7) is 11.9. The highest BCUT2D eigenvalue weighted by Gasteiger charge is 2.27. The summed E-state index contributed by atoms with van der Waals surface area (Å²) in [7, 11) is 2.19. The SMILES string of the molecule is CN1CCN(C(c2ccccc2)c2ccc(Cl)cc2)CC1.Cc1cccc(CN2CCN(C(c3ccccc3)c3ccc(Cl)cc3)CC2)c1. The van der Waals surface area contributed by atoms with E-state index in [9.17, 15) is 0 Å². The normalized spacial score (nSPS) is 17.6. The van der Waals surface area contributed by atoms with Crippen LogP contribution in [0.2, 0.25) is 10.0 Å². The second kappa shape index (κ2) is 17.4. The minimum Gasteiger partial charge on any atom is -0.304 e. The first-order valence-electron chi connectivity index (χ1n) is 17.5. The van der Waals surface area contributed by atoms with Crippen LogP contribution in [0.25, 0.3) is 0 Å². The Bertz CT molecular complexity index is 1700. The van der Waals surface area contributed by atoms with Crippen molar-refractivity contribution in [3.05, 3.63) is 177 Å². The van der Waals surface area contributed by atoms with Crippen LogP contribution >= 0.6 is 23.2 Å². The molecule has 2 atom stereocenters. The Kier molecular flexibility index (Phi) is 12.6. The number of likely N-dealkylation sites (N-methyl/N-ethyl adjacent to an activating group) is 1. The monoisotopic (exact) mass is 690 g/mol. The van der Waals surface area contributed by atoms with Crippen molar-refractivity contribution < 1.29 is 0 Å². The first-order chi connectivity index (χ1) is 23.9. The minimum absolute atomic E-state index is 0.277. The van der Waals surface area contributed by atoms with Crippen LogP contribution in [-0.2, 0) is 6.54 Å². The van der Waals surface area contributed by atoms with Crippen molar-refractivity contribution in [2.24, 2.45) is 0 Å². The second-order valence-electron chi connectivity index (χ2n) is 13.4. The Morgan fingerprint density at radius 1 is 0.490 bits per heavy atom. The first-order valence-corrected chi connectivity index (χ1v) is 18.2. The predicted molar refractivity (Wildman–Crippen MR) is 207 cm³/mol. The zero-order valence-corrected chi connectivity index (χ0v) is 30.3. The van der Waals surface area contributed by atoms with Gasteiger partial charge in [-0.15, -0.1) is 0 Å². The van der Waals surface area contributed by atoms with E-state index in [0.717, 1.165) is 68.9 Å². The summed E-state index contributed by atoms with van der Waals surface area (Å²) in [6, 6.07) is 47.6. The molecule has 6 heteroatoms. The van der Waals surface area contributed by atoms with Crippen molar-refractivity contribution in [2.45, 2.75) is 25.6 Å². The van der Waals surface area contributed by atoms with Crippen LogP contribution in [0.1, 0.15) is 45.5 Å². The van der Waals surface area contributed by atoms with Gasteiger partial charge in [-0.1, -0.05) is 138 Å². The zero-order valence-electron chi connectivity index (χ0n) is 28.8. The van der Waals surface area contributed by atoms with Crippen molar-refractivity contribution >= 4 is 23.2 Å². The molecule has 0 aromatic heterocycles. The van der Waals surface area contributed by atoms with Crippen LogP contribution in [0.3, 0.4) is 0 Å². The second-order valence-corrected chi connectivity index (χ2v) is 14.2. The summed E-state index contributed by atoms with van der Waals surface area (Å²) in [5.74, 6) is 0. The summed E-state index contributed by atoms with van der Waals surface area (Å²) in [5, 5.41) is 1.59. The van der Waals surface area contributed by atoms with Gasteiger partial charge in [-0.3, -0.25) is 14.7 Å². The molecule has 0 amide bonds. The van der Waals surface area contributed by atoms with E-state index in [1.807, 2.05) is 24.3 Å². The van der Waals surface area contributed by atoms with E-state index in [4.69, 9.17) is 23.2 Å². The van der Waals surface area contributed by atoms with Crippen molar-refractivity contribution in [2.75, 3.05) is 59.4 Å². The number of benzene rings is 5. The maximum atomic E-state index is 6.14. The Hall–Kier alpha value is -3.48. The third-order valence-electron chi connectivity index (χ3n) is 9.77. The Balaban J connectivity index is 0.000000177. The average Bonchev–Trinajstić information content (AvgIpc) is 3.13. The van der Waals surface area contributed by atoms with Crippen LogP contribution in [0.15, 0.2) is 133 Å². The van der Waals surface area contributed by atoms with Crippen LogP contribution in [-0.4, -0.2) is 79.0 Å². The van der Waals surface area contributed by atoms with Gasteiger partial charge in [-0.25, -0.2) is 0 Å². The fraction of sp³-hybridized carbons (Fsp3) is 0.302. The third-order valence-corrected chi connectivity index (χ3v) is 10.3. The lowest BCUT2D eigenvalue weighted by molar-refractivity contribution is 0.105. The third kappa shape index (κ3) is 9.82. The van der Waals surface area contributed by atoms with Crippen LogP contribution in [0, 0.1) is 6.92 Å². The fourth-order valence-electron chi connectivity index (χ4n) is 7.12. The van der Waals surface area contributed by atoms with E-state index in [0.29, 0.717) is 6.04 Å². The Labute approximate surface area is 303 Å². The van der Waals surface area contributed by atoms with Crippen molar-refractivity contribution in [1.29, 1.82) is 0 Å². The summed E-state index contributed by atoms with van der Waals surface area (Å²) in [6.07, 6.45) is 0. The largest absolute Gasteiger partial charge is 0.304 e. The average molecular weight is 692 g/mol. The van der Waals surface area contributed by atoms with E-state index >= 15 is 0 Å². The highest BCUT2D eigenvalue weighted by Crippen LogP contribution is 2.32. The predicted octanol–water partition coefficient (Wildman–Crippen LogP) is 9.23. The van der Waals surface area contributed by atoms with E-state index in [-0.39, 0.29) is 6.04 Å². The quantitative estimate of drug-likeness (QED) is 0.161. The molecule has 2 aliphatic heterocycles. The molecule has 0 N–H and O–H groups in total. The molecule has 49 heavy (non-hydrogen) atoms. The molecule has 254 valence electrons. The number of rotatable bonds is 8. The van der Waals surface area contributed by atoms with Gasteiger partial charge >= 0.3 is 0 Å². The highest BCUT2D eigenvalue weighted by atomic mass is 35.5. The maximum Gasteiger partial charge on any atom is 0.0602 e. The minimum atomic E-state index is 0.277. The van der Waals surface area contributed by atoms with E-state index in [2.05, 4.69) is 143 Å². The van der Waals surface area contributed by atoms with Gasteiger partial charge in [0.05, 0.1) is 12.1 Å². The summed E-state index contributed by atoms with van der Waals surface area (Å²) in [4.78, 5) is 10.1. The number of piperazine rings is 2. The zero-order chi connectivity index (χ0) is 34.0. The standard InChI is InChI=1S/C25H27ClN2.C18H21ClN2/c1-20-6-5-7-21(18-20)19-27-14-16-28(17-15-27)25(22-8-3-2-4-9-22)23-10-12-24(26)13-11-23;1-20-11-13-21(14-12-20)18(15-5-3-2-4-6-15)16-7-9-17(19)10-8-16/h2-13,18,25H,14-17,19H2,1H3;2-10,18H,11-14H2,1H3. The highest BCUT2D eigenvalue weighted by molar-refractivity contribution is 6.30. The molecular formula is C43H48Cl2N4. The molecule has 0 radical (unpaired) electrons. The molecule has 5 aromatic rings. The molecule has 2 heterocycles. The molecule has 2 fully saturated rings. The molecule has 2 unspecified atom stereocenters. The van der Waals surface area contributed by atoms with E-state index in [1.54, 1.807) is 0 Å². The Morgan fingerprint density at radius 2 is 0.918 bits per heavy atom. The van der Waals surface area contributed by atoms with Gasteiger partial charge in [0.25, 0.3) is 0 Å². The van der Waals surface area contributed by atoms with Crippen LogP contribution < -0.4 is 0 Å². The lowest BCUT2D eigenvalue weighted by Crippen LogP contribution is -2.47. The lowest BCUT2D eigenvalue weighted by atomic mass is 9.96. The summed E-state index contributed by atoms with van der Waals surface area (Å²) >= 11 is 12.2. The smallest absolute Gasteiger partial charge is 0.0602 e. The van der Waals surface area contributed by atoms with E-state index in [1.165, 1.54) is 33.4 Å². The number of hydrogen-bond acceptors (Lipinski definition) is 4. The molecular weight excluding hydrogens is 643 g/mol. The fourth-order valence-corrected chi connectivity index (χ4v) is 7.37. The number of halogens is 2. The topological polar surface area (TPSA) is 13.0 Å². The number of aryl methyl sites for hydroxylation is 1. The van der Waals surface area contributed by atoms with Crippen molar-refractivity contribution in [3.63, 3.8) is 0 Å². The van der Waals surface area contributed by atoms with Crippen molar-refractivity contribution in [3.8, 4) is 0 Å².